The summed E-state index contributed by atoms with van der Waals surface area (Å²) < 4.78 is 11.1. The van der Waals surface area contributed by atoms with E-state index in [1.54, 1.807) is 34.1 Å². The molecule has 0 saturated carbocycles. The number of hydrogen-bond acceptors (Lipinski definition) is 8. The SMILES string of the molecule is COC12C3C(CN1C1=C(C(=O)C(N)=C(C)C1=O)[C@H]2COC(N)=O)N3C(=O)c1ccccc1. The first-order valence-corrected chi connectivity index (χ1v) is 10.2. The van der Waals surface area contributed by atoms with E-state index in [-0.39, 0.29) is 46.9 Å². The number of hydrogen-bond donors (Lipinski definition) is 2. The minimum absolute atomic E-state index is 0.138. The first-order valence-electron chi connectivity index (χ1n) is 10.2. The molecule has 10 nitrogen and oxygen atoms in total. The number of allylic oxidation sites excluding steroid dienone is 2. The van der Waals surface area contributed by atoms with Crippen LogP contribution in [0.1, 0.15) is 17.3 Å². The van der Waals surface area contributed by atoms with E-state index < -0.39 is 29.6 Å². The maximum Gasteiger partial charge on any atom is 0.404 e. The van der Waals surface area contributed by atoms with Gasteiger partial charge in [0.2, 0.25) is 11.6 Å². The molecule has 0 aromatic heterocycles. The third-order valence-electron chi connectivity index (χ3n) is 6.94. The van der Waals surface area contributed by atoms with E-state index in [0.717, 1.165) is 0 Å². The largest absolute Gasteiger partial charge is 0.449 e. The van der Waals surface area contributed by atoms with E-state index in [4.69, 9.17) is 20.9 Å². The van der Waals surface area contributed by atoms with E-state index in [9.17, 15) is 19.2 Å². The van der Waals surface area contributed by atoms with Gasteiger partial charge in [0.1, 0.15) is 12.6 Å². The Kier molecular flexibility index (Phi) is 4.22. The molecule has 4 aliphatic rings. The maximum atomic E-state index is 13.2. The lowest BCUT2D eigenvalue weighted by molar-refractivity contribution is -0.143. The Labute approximate surface area is 183 Å². The van der Waals surface area contributed by atoms with E-state index in [1.165, 1.54) is 14.0 Å². The van der Waals surface area contributed by atoms with E-state index in [2.05, 4.69) is 0 Å². The van der Waals surface area contributed by atoms with Crippen molar-refractivity contribution >= 4 is 23.6 Å². The molecule has 1 aromatic carbocycles. The number of Topliss-reactive ketones (excluding diaryl/α,β-unsaturated/α-hetero) is 2. The van der Waals surface area contributed by atoms with Crippen molar-refractivity contribution in [3.63, 3.8) is 0 Å². The zero-order chi connectivity index (χ0) is 22.9. The fourth-order valence-corrected chi connectivity index (χ4v) is 5.48. The van der Waals surface area contributed by atoms with Crippen LogP contribution in [0.25, 0.3) is 0 Å². The third kappa shape index (κ3) is 2.38. The van der Waals surface area contributed by atoms with Crippen LogP contribution in [0.5, 0.6) is 0 Å². The average Bonchev–Trinajstić information content (AvgIpc) is 3.29. The van der Waals surface area contributed by atoms with Crippen molar-refractivity contribution in [2.45, 2.75) is 24.7 Å². The summed E-state index contributed by atoms with van der Waals surface area (Å²) in [6.45, 7) is 1.51. The van der Waals surface area contributed by atoms with Gasteiger partial charge in [0.05, 0.1) is 23.4 Å². The highest BCUT2D eigenvalue weighted by atomic mass is 16.6. The number of carbonyl (C=O) groups excluding carboxylic acids is 4. The maximum absolute atomic E-state index is 13.2. The topological polar surface area (TPSA) is 145 Å². The molecule has 10 heteroatoms. The van der Waals surface area contributed by atoms with Gasteiger partial charge in [0, 0.05) is 30.4 Å². The van der Waals surface area contributed by atoms with Crippen LogP contribution in [-0.4, -0.2) is 71.4 Å². The number of rotatable bonds is 4. The van der Waals surface area contributed by atoms with Crippen molar-refractivity contribution in [3.05, 3.63) is 58.4 Å². The van der Waals surface area contributed by atoms with Gasteiger partial charge < -0.3 is 30.7 Å². The molecule has 4 N–H and O–H groups in total. The average molecular weight is 438 g/mol. The molecule has 0 spiro atoms. The first-order chi connectivity index (χ1) is 15.3. The van der Waals surface area contributed by atoms with Crippen LogP contribution in [0, 0.1) is 5.92 Å². The van der Waals surface area contributed by atoms with Gasteiger partial charge in [0.25, 0.3) is 5.91 Å². The summed E-state index contributed by atoms with van der Waals surface area (Å²) in [6, 6.07) is 8.15. The molecule has 2 amide bonds. The van der Waals surface area contributed by atoms with Crippen LogP contribution in [0.15, 0.2) is 52.9 Å². The lowest BCUT2D eigenvalue weighted by Crippen LogP contribution is -2.56. The summed E-state index contributed by atoms with van der Waals surface area (Å²) >= 11 is 0. The lowest BCUT2D eigenvalue weighted by Gasteiger charge is -2.41. The summed E-state index contributed by atoms with van der Waals surface area (Å²) in [5.74, 6) is -1.90. The Morgan fingerprint density at radius 1 is 1.19 bits per heavy atom. The number of methoxy groups -OCH3 is 1. The van der Waals surface area contributed by atoms with Crippen LogP contribution < -0.4 is 11.5 Å². The Bertz CT molecular complexity index is 1140. The highest BCUT2D eigenvalue weighted by molar-refractivity contribution is 6.25. The molecule has 166 valence electrons. The van der Waals surface area contributed by atoms with E-state index in [1.807, 2.05) is 6.07 Å². The number of primary amides is 1. The molecule has 3 heterocycles. The van der Waals surface area contributed by atoms with Crippen LogP contribution in [0.3, 0.4) is 0 Å². The first kappa shape index (κ1) is 20.3. The summed E-state index contributed by atoms with van der Waals surface area (Å²) in [4.78, 5) is 54.3. The summed E-state index contributed by atoms with van der Waals surface area (Å²) in [5.41, 5.74) is 10.7. The van der Waals surface area contributed by atoms with E-state index >= 15 is 0 Å². The minimum Gasteiger partial charge on any atom is -0.449 e. The van der Waals surface area contributed by atoms with Gasteiger partial charge in [-0.15, -0.1) is 0 Å². The number of nitrogens with two attached hydrogens (primary N) is 2. The molecule has 3 aliphatic heterocycles. The number of ketones is 2. The second-order valence-corrected chi connectivity index (χ2v) is 8.30. The van der Waals surface area contributed by atoms with Gasteiger partial charge >= 0.3 is 6.09 Å². The molecule has 5 rings (SSSR count). The van der Waals surface area contributed by atoms with Crippen molar-refractivity contribution in [2.24, 2.45) is 17.4 Å². The number of ether oxygens (including phenoxy) is 2. The van der Waals surface area contributed by atoms with Crippen molar-refractivity contribution < 1.29 is 28.7 Å². The Balaban J connectivity index is 1.58. The number of nitrogens with zero attached hydrogens (tertiary/aromatic N) is 2. The highest BCUT2D eigenvalue weighted by Gasteiger charge is 2.77. The quantitative estimate of drug-likeness (QED) is 0.490. The summed E-state index contributed by atoms with van der Waals surface area (Å²) in [5, 5.41) is 0. The fraction of sp³-hybridized carbons (Fsp3) is 0.364. The smallest absolute Gasteiger partial charge is 0.404 e. The van der Waals surface area contributed by atoms with Gasteiger partial charge in [-0.3, -0.25) is 14.4 Å². The number of piperazine rings is 1. The number of benzene rings is 1. The molecule has 1 aromatic rings. The van der Waals surface area contributed by atoms with Crippen molar-refractivity contribution in [1.29, 1.82) is 0 Å². The van der Waals surface area contributed by atoms with Crippen LogP contribution >= 0.6 is 0 Å². The van der Waals surface area contributed by atoms with Gasteiger partial charge in [-0.05, 0) is 19.1 Å². The molecular formula is C22H22N4O6. The molecule has 1 aliphatic carbocycles. The number of amides is 2. The Hall–Kier alpha value is -3.66. The van der Waals surface area contributed by atoms with Crippen molar-refractivity contribution in [1.82, 2.24) is 9.80 Å². The van der Waals surface area contributed by atoms with Crippen LogP contribution in [0.2, 0.25) is 0 Å². The molecule has 32 heavy (non-hydrogen) atoms. The minimum atomic E-state index is -1.26. The lowest BCUT2D eigenvalue weighted by atomic mass is 9.82. The summed E-state index contributed by atoms with van der Waals surface area (Å²) in [7, 11) is 1.45. The predicted octanol–water partition coefficient (Wildman–Crippen LogP) is -0.0984. The molecule has 0 radical (unpaired) electrons. The van der Waals surface area contributed by atoms with Gasteiger partial charge in [-0.1, -0.05) is 18.2 Å². The van der Waals surface area contributed by atoms with Crippen LogP contribution in [-0.2, 0) is 19.1 Å². The summed E-state index contributed by atoms with van der Waals surface area (Å²) in [6.07, 6.45) is -1.02. The third-order valence-corrected chi connectivity index (χ3v) is 6.94. The molecule has 0 bridgehead atoms. The van der Waals surface area contributed by atoms with Gasteiger partial charge in [-0.25, -0.2) is 4.79 Å². The Morgan fingerprint density at radius 2 is 1.88 bits per heavy atom. The molecule has 4 atom stereocenters. The molecule has 2 fully saturated rings. The van der Waals surface area contributed by atoms with Gasteiger partial charge in [0.15, 0.2) is 5.72 Å². The van der Waals surface area contributed by atoms with Crippen molar-refractivity contribution in [3.8, 4) is 0 Å². The zero-order valence-corrected chi connectivity index (χ0v) is 17.5. The number of carbonyl (C=O) groups is 4. The predicted molar refractivity (Wildman–Crippen MR) is 110 cm³/mol. The van der Waals surface area contributed by atoms with Gasteiger partial charge in [-0.2, -0.15) is 0 Å². The number of fused-ring (bicyclic) bond motifs is 4. The van der Waals surface area contributed by atoms with Crippen LogP contribution in [0.4, 0.5) is 4.79 Å². The fourth-order valence-electron chi connectivity index (χ4n) is 5.48. The second-order valence-electron chi connectivity index (χ2n) is 8.30. The van der Waals surface area contributed by atoms with Crippen molar-refractivity contribution in [2.75, 3.05) is 20.3 Å². The normalized spacial score (nSPS) is 30.4. The zero-order valence-electron chi connectivity index (χ0n) is 17.5. The second kappa shape index (κ2) is 6.67. The van der Waals surface area contributed by atoms with E-state index in [0.29, 0.717) is 12.1 Å². The molecule has 2 saturated heterocycles. The monoisotopic (exact) mass is 438 g/mol. The Morgan fingerprint density at radius 3 is 2.50 bits per heavy atom. The molecule has 3 unspecified atom stereocenters. The standard InChI is InChI=1S/C22H22N4O6/c1-10-15(23)18(28)14-12(9-32-21(24)30)22(31-2)19-13(8-25(22)16(14)17(10)27)26(19)20(29)11-6-4-3-5-7-11/h3-7,12-13,19H,8-9,23H2,1-2H3,(H2,24,30)/t12-,13?,19?,22?,26?/m1/s1. The highest BCUT2D eigenvalue weighted by Crippen LogP contribution is 2.60. The molecular weight excluding hydrogens is 416 g/mol.